The minimum absolute atomic E-state index is 0.0660. The van der Waals surface area contributed by atoms with E-state index in [1.807, 2.05) is 48.7 Å². The summed E-state index contributed by atoms with van der Waals surface area (Å²) in [5.41, 5.74) is 4.25. The maximum atomic E-state index is 13.9. The Hall–Kier alpha value is -3.71. The number of halogens is 2. The van der Waals surface area contributed by atoms with E-state index < -0.39 is 0 Å². The second-order valence-electron chi connectivity index (χ2n) is 9.16. The molecular weight excluding hydrogens is 477 g/mol. The maximum absolute atomic E-state index is 13.9. The van der Waals surface area contributed by atoms with Gasteiger partial charge in [0.2, 0.25) is 0 Å². The Bertz CT molecular complexity index is 1640. The summed E-state index contributed by atoms with van der Waals surface area (Å²) in [5, 5.41) is 1.66. The summed E-state index contributed by atoms with van der Waals surface area (Å²) in [5.74, 6) is 0.116. The summed E-state index contributed by atoms with van der Waals surface area (Å²) >= 11 is 6.26. The lowest BCUT2D eigenvalue weighted by Crippen LogP contribution is -2.27. The van der Waals surface area contributed by atoms with E-state index in [-0.39, 0.29) is 24.3 Å². The number of aliphatic imine (C=N–C) groups is 1. The molecule has 0 N–H and O–H groups in total. The molecule has 2 unspecified atom stereocenters. The topological polar surface area (TPSA) is 57.1 Å². The number of allylic oxidation sites excluding steroid dienone is 3. The first-order valence-electron chi connectivity index (χ1n) is 12.1. The van der Waals surface area contributed by atoms with Crippen molar-refractivity contribution in [2.45, 2.75) is 32.0 Å². The highest BCUT2D eigenvalue weighted by Gasteiger charge is 2.23. The van der Waals surface area contributed by atoms with Crippen LogP contribution in [0.2, 0.25) is 5.02 Å². The van der Waals surface area contributed by atoms with Gasteiger partial charge in [-0.05, 0) is 55.3 Å². The van der Waals surface area contributed by atoms with Crippen LogP contribution in [0.5, 0.6) is 0 Å². The van der Waals surface area contributed by atoms with Crippen LogP contribution in [0.3, 0.4) is 0 Å². The molecule has 0 fully saturated rings. The fraction of sp³-hybridized carbons (Fsp3) is 0.250. The SMILES string of the molecule is O=c1n(Cc2cc3cc(Cl)ccc3n2CCCCF)c2cnccc2n1C1=CC2C=CC=NC2C=C1. The second kappa shape index (κ2) is 9.39. The summed E-state index contributed by atoms with van der Waals surface area (Å²) in [6, 6.07) is 9.78. The minimum atomic E-state index is -0.343. The van der Waals surface area contributed by atoms with Crippen molar-refractivity contribution >= 4 is 45.4 Å². The molecular formula is C28H25ClFN5O. The predicted molar refractivity (Wildman–Crippen MR) is 144 cm³/mol. The molecule has 1 aromatic carbocycles. The number of aryl methyl sites for hydroxylation is 1. The summed E-state index contributed by atoms with van der Waals surface area (Å²) in [6.45, 7) is 0.687. The molecule has 0 radical (unpaired) electrons. The Morgan fingerprint density at radius 3 is 2.83 bits per heavy atom. The van der Waals surface area contributed by atoms with Crippen LogP contribution in [0.1, 0.15) is 18.5 Å². The van der Waals surface area contributed by atoms with Gasteiger partial charge in [0.05, 0.1) is 36.5 Å². The third-order valence-electron chi connectivity index (χ3n) is 6.92. The molecule has 0 bridgehead atoms. The van der Waals surface area contributed by atoms with Gasteiger partial charge in [-0.2, -0.15) is 0 Å². The number of alkyl halides is 1. The van der Waals surface area contributed by atoms with E-state index >= 15 is 0 Å². The van der Waals surface area contributed by atoms with Gasteiger partial charge in [-0.1, -0.05) is 29.8 Å². The van der Waals surface area contributed by atoms with Gasteiger partial charge in [-0.3, -0.25) is 23.5 Å². The number of pyridine rings is 1. The number of fused-ring (bicyclic) bond motifs is 3. The van der Waals surface area contributed by atoms with E-state index in [0.29, 0.717) is 31.0 Å². The smallest absolute Gasteiger partial charge is 0.334 e. The fourth-order valence-electron chi connectivity index (χ4n) is 5.20. The van der Waals surface area contributed by atoms with Crippen molar-refractivity contribution in [3.05, 3.63) is 94.3 Å². The third kappa shape index (κ3) is 3.93. The van der Waals surface area contributed by atoms with Crippen molar-refractivity contribution in [1.29, 1.82) is 0 Å². The maximum Gasteiger partial charge on any atom is 0.334 e. The minimum Gasteiger partial charge on any atom is -0.343 e. The number of imidazole rings is 1. The van der Waals surface area contributed by atoms with Gasteiger partial charge < -0.3 is 4.57 Å². The number of unbranched alkanes of at least 4 members (excludes halogenated alkanes) is 1. The lowest BCUT2D eigenvalue weighted by atomic mass is 9.92. The first-order chi connectivity index (χ1) is 17.6. The Morgan fingerprint density at radius 2 is 1.94 bits per heavy atom. The van der Waals surface area contributed by atoms with E-state index in [4.69, 9.17) is 11.6 Å². The van der Waals surface area contributed by atoms with Gasteiger partial charge in [0.15, 0.2) is 0 Å². The number of hydrogen-bond acceptors (Lipinski definition) is 3. The molecule has 1 aliphatic carbocycles. The van der Waals surface area contributed by atoms with Gasteiger partial charge in [-0.25, -0.2) is 4.79 Å². The highest BCUT2D eigenvalue weighted by Crippen LogP contribution is 2.28. The molecule has 36 heavy (non-hydrogen) atoms. The van der Waals surface area contributed by atoms with Crippen molar-refractivity contribution in [2.75, 3.05) is 6.67 Å². The monoisotopic (exact) mass is 501 g/mol. The van der Waals surface area contributed by atoms with E-state index in [1.54, 1.807) is 21.5 Å². The van der Waals surface area contributed by atoms with Crippen LogP contribution >= 0.6 is 11.6 Å². The molecule has 0 spiro atoms. The summed E-state index contributed by atoms with van der Waals surface area (Å²) in [4.78, 5) is 22.7. The summed E-state index contributed by atoms with van der Waals surface area (Å²) < 4.78 is 18.5. The Balaban J connectivity index is 1.46. The molecule has 6 rings (SSSR count). The highest BCUT2D eigenvalue weighted by molar-refractivity contribution is 6.31. The first kappa shape index (κ1) is 22.7. The van der Waals surface area contributed by atoms with Gasteiger partial charge in [-0.15, -0.1) is 0 Å². The number of benzene rings is 1. The van der Waals surface area contributed by atoms with Crippen LogP contribution in [0, 0.1) is 5.92 Å². The second-order valence-corrected chi connectivity index (χ2v) is 9.59. The Labute approximate surface area is 212 Å². The lowest BCUT2D eigenvalue weighted by molar-refractivity contribution is 0.447. The molecule has 182 valence electrons. The van der Waals surface area contributed by atoms with Crippen LogP contribution in [0.4, 0.5) is 4.39 Å². The largest absolute Gasteiger partial charge is 0.343 e. The molecule has 8 heteroatoms. The number of nitrogens with zero attached hydrogens (tertiary/aromatic N) is 5. The zero-order chi connectivity index (χ0) is 24.6. The fourth-order valence-corrected chi connectivity index (χ4v) is 5.38. The third-order valence-corrected chi connectivity index (χ3v) is 7.16. The van der Waals surface area contributed by atoms with Crippen molar-refractivity contribution in [2.24, 2.45) is 10.9 Å². The number of aromatic nitrogens is 4. The molecule has 4 aromatic rings. The molecule has 3 aromatic heterocycles. The van der Waals surface area contributed by atoms with Crippen LogP contribution in [-0.2, 0) is 13.1 Å². The molecule has 2 aliphatic rings. The Morgan fingerprint density at radius 1 is 1.03 bits per heavy atom. The molecule has 6 nitrogen and oxygen atoms in total. The van der Waals surface area contributed by atoms with E-state index in [1.165, 1.54) is 0 Å². The van der Waals surface area contributed by atoms with Crippen molar-refractivity contribution < 1.29 is 4.39 Å². The average molecular weight is 502 g/mol. The van der Waals surface area contributed by atoms with E-state index in [0.717, 1.165) is 33.3 Å². The van der Waals surface area contributed by atoms with Crippen molar-refractivity contribution in [3.8, 4) is 0 Å². The summed E-state index contributed by atoms with van der Waals surface area (Å²) in [7, 11) is 0. The van der Waals surface area contributed by atoms with Gasteiger partial charge in [0, 0.05) is 52.2 Å². The van der Waals surface area contributed by atoms with Crippen molar-refractivity contribution in [3.63, 3.8) is 0 Å². The number of hydrogen-bond donors (Lipinski definition) is 0. The van der Waals surface area contributed by atoms with Crippen molar-refractivity contribution in [1.82, 2.24) is 18.7 Å². The molecule has 0 saturated heterocycles. The van der Waals surface area contributed by atoms with Crippen LogP contribution in [0.25, 0.3) is 27.6 Å². The predicted octanol–water partition coefficient (Wildman–Crippen LogP) is 5.64. The first-order valence-corrected chi connectivity index (χ1v) is 12.5. The van der Waals surface area contributed by atoms with Gasteiger partial charge in [0.1, 0.15) is 0 Å². The molecule has 4 heterocycles. The normalized spacial score (nSPS) is 18.8. The summed E-state index contributed by atoms with van der Waals surface area (Å²) in [6.07, 6.45) is 16.6. The quantitative estimate of drug-likeness (QED) is 0.308. The number of dihydropyridines is 1. The molecule has 0 saturated carbocycles. The van der Waals surface area contributed by atoms with E-state index in [9.17, 15) is 9.18 Å². The zero-order valence-electron chi connectivity index (χ0n) is 19.6. The standard InChI is InChI=1S/C28H25ClFN5O/c29-21-5-8-25-20(14-21)16-23(33(25)13-2-1-10-30)18-34-27-17-31-12-9-26(27)35(28(34)36)22-6-7-24-19(15-22)4-3-11-32-24/h3-9,11-12,14-17,19,24H,1-2,10,13,18H2. The van der Waals surface area contributed by atoms with Crippen LogP contribution in [-0.4, -0.2) is 37.6 Å². The molecule has 2 atom stereocenters. The zero-order valence-corrected chi connectivity index (χ0v) is 20.4. The lowest BCUT2D eigenvalue weighted by Gasteiger charge is -2.22. The molecule has 1 aliphatic heterocycles. The average Bonchev–Trinajstić information content (AvgIpc) is 3.37. The van der Waals surface area contributed by atoms with Crippen LogP contribution in [0.15, 0.2) is 82.9 Å². The molecule has 0 amide bonds. The van der Waals surface area contributed by atoms with Crippen LogP contribution < -0.4 is 5.69 Å². The number of rotatable bonds is 7. The highest BCUT2D eigenvalue weighted by atomic mass is 35.5. The van der Waals surface area contributed by atoms with Gasteiger partial charge in [0.25, 0.3) is 0 Å². The van der Waals surface area contributed by atoms with E-state index in [2.05, 4.69) is 32.8 Å². The van der Waals surface area contributed by atoms with Gasteiger partial charge >= 0.3 is 5.69 Å². The Kier molecular flexibility index (Phi) is 5.93.